The number of carboxylic acid groups (broad SMARTS) is 1. The Morgan fingerprint density at radius 1 is 1.19 bits per heavy atom. The third-order valence-corrected chi connectivity index (χ3v) is 4.27. The Hall–Kier alpha value is -1.84. The lowest BCUT2D eigenvalue weighted by molar-refractivity contribution is -0.149. The van der Waals surface area contributed by atoms with E-state index in [1.54, 1.807) is 13.8 Å². The number of aliphatic carboxylic acids is 1. The molecular weight excluding hydrogens is 266 g/mol. The number of amides is 1. The second-order valence-corrected chi connectivity index (χ2v) is 6.10. The van der Waals surface area contributed by atoms with E-state index in [0.717, 1.165) is 18.4 Å². The topological polar surface area (TPSA) is 57.6 Å². The lowest BCUT2D eigenvalue weighted by Crippen LogP contribution is -2.40. The molecule has 0 spiro atoms. The van der Waals surface area contributed by atoms with E-state index in [1.165, 1.54) is 5.56 Å². The van der Waals surface area contributed by atoms with Crippen LogP contribution in [0.4, 0.5) is 0 Å². The highest BCUT2D eigenvalue weighted by Gasteiger charge is 2.37. The summed E-state index contributed by atoms with van der Waals surface area (Å²) in [5.74, 6) is -2.11. The number of rotatable bonds is 6. The Bertz CT molecular complexity index is 519. The molecule has 114 valence electrons. The largest absolute Gasteiger partial charge is 0.481 e. The average molecular weight is 289 g/mol. The van der Waals surface area contributed by atoms with Crippen molar-refractivity contribution in [3.63, 3.8) is 0 Å². The van der Waals surface area contributed by atoms with Crippen LogP contribution in [0.2, 0.25) is 0 Å². The van der Waals surface area contributed by atoms with Gasteiger partial charge in [0.2, 0.25) is 5.91 Å². The summed E-state index contributed by atoms with van der Waals surface area (Å²) in [5, 5.41) is 9.09. The Morgan fingerprint density at radius 2 is 1.76 bits per heavy atom. The number of hydrogen-bond acceptors (Lipinski definition) is 2. The molecule has 2 atom stereocenters. The van der Waals surface area contributed by atoms with Gasteiger partial charge in [0.05, 0.1) is 5.92 Å². The minimum absolute atomic E-state index is 0.0482. The Morgan fingerprint density at radius 3 is 2.24 bits per heavy atom. The highest BCUT2D eigenvalue weighted by Crippen LogP contribution is 2.31. The van der Waals surface area contributed by atoms with Crippen molar-refractivity contribution in [1.29, 1.82) is 0 Å². The van der Waals surface area contributed by atoms with Crippen molar-refractivity contribution in [2.75, 3.05) is 0 Å². The monoisotopic (exact) mass is 289 g/mol. The van der Waals surface area contributed by atoms with Gasteiger partial charge in [0, 0.05) is 18.5 Å². The molecule has 1 aliphatic carbocycles. The normalized spacial score (nSPS) is 17.1. The Balaban J connectivity index is 2.10. The summed E-state index contributed by atoms with van der Waals surface area (Å²) >= 11 is 0. The second kappa shape index (κ2) is 6.29. The molecule has 0 aliphatic heterocycles. The summed E-state index contributed by atoms with van der Waals surface area (Å²) in [6.45, 7) is 5.91. The number of carbonyl (C=O) groups is 2. The summed E-state index contributed by atoms with van der Waals surface area (Å²) in [7, 11) is 0. The maximum Gasteiger partial charge on any atom is 0.307 e. The van der Waals surface area contributed by atoms with Crippen molar-refractivity contribution >= 4 is 11.9 Å². The molecule has 1 N–H and O–H groups in total. The van der Waals surface area contributed by atoms with Crippen molar-refractivity contribution in [2.45, 2.75) is 46.2 Å². The molecule has 0 heterocycles. The lowest BCUT2D eigenvalue weighted by atomic mass is 9.94. The van der Waals surface area contributed by atoms with Crippen LogP contribution in [0.25, 0.3) is 0 Å². The molecular formula is C17H23NO3. The van der Waals surface area contributed by atoms with E-state index in [-0.39, 0.29) is 11.9 Å². The molecule has 0 saturated heterocycles. The van der Waals surface area contributed by atoms with Crippen molar-refractivity contribution in [3.8, 4) is 0 Å². The quantitative estimate of drug-likeness (QED) is 0.876. The van der Waals surface area contributed by atoms with Crippen molar-refractivity contribution in [3.05, 3.63) is 35.4 Å². The fourth-order valence-electron chi connectivity index (χ4n) is 2.35. The number of nitrogens with zero attached hydrogens (tertiary/aromatic N) is 1. The third-order valence-electron chi connectivity index (χ3n) is 4.27. The first kappa shape index (κ1) is 15.5. The van der Waals surface area contributed by atoms with E-state index in [9.17, 15) is 9.59 Å². The van der Waals surface area contributed by atoms with Crippen LogP contribution in [0, 0.1) is 18.8 Å². The zero-order chi connectivity index (χ0) is 15.6. The standard InChI is InChI=1S/C17H23NO3/c1-11-4-6-14(7-5-11)10-18(15-8-9-15)16(19)12(2)13(3)17(20)21/h4-7,12-13,15H,8-10H2,1-3H3,(H,20,21). The van der Waals surface area contributed by atoms with E-state index in [0.29, 0.717) is 6.54 Å². The second-order valence-electron chi connectivity index (χ2n) is 6.10. The van der Waals surface area contributed by atoms with E-state index in [2.05, 4.69) is 0 Å². The van der Waals surface area contributed by atoms with Crippen molar-refractivity contribution in [2.24, 2.45) is 11.8 Å². The van der Waals surface area contributed by atoms with Gasteiger partial charge in [-0.05, 0) is 25.3 Å². The predicted molar refractivity (Wildman–Crippen MR) is 80.7 cm³/mol. The van der Waals surface area contributed by atoms with E-state index in [1.807, 2.05) is 36.1 Å². The summed E-state index contributed by atoms with van der Waals surface area (Å²) in [5.41, 5.74) is 2.28. The van der Waals surface area contributed by atoms with Gasteiger partial charge in [0.1, 0.15) is 0 Å². The maximum atomic E-state index is 12.6. The zero-order valence-corrected chi connectivity index (χ0v) is 12.9. The van der Waals surface area contributed by atoms with Gasteiger partial charge in [0.25, 0.3) is 0 Å². The van der Waals surface area contributed by atoms with Gasteiger partial charge >= 0.3 is 5.97 Å². The molecule has 2 rings (SSSR count). The molecule has 4 heteroatoms. The van der Waals surface area contributed by atoms with Crippen LogP contribution in [-0.2, 0) is 16.1 Å². The molecule has 0 bridgehead atoms. The summed E-state index contributed by atoms with van der Waals surface area (Å²) in [4.78, 5) is 25.5. The summed E-state index contributed by atoms with van der Waals surface area (Å²) < 4.78 is 0. The van der Waals surface area contributed by atoms with Gasteiger partial charge in [-0.3, -0.25) is 9.59 Å². The molecule has 2 unspecified atom stereocenters. The fraction of sp³-hybridized carbons (Fsp3) is 0.529. The van der Waals surface area contributed by atoms with Crippen molar-refractivity contribution < 1.29 is 14.7 Å². The van der Waals surface area contributed by atoms with Gasteiger partial charge < -0.3 is 10.0 Å². The van der Waals surface area contributed by atoms with Crippen LogP contribution in [0.15, 0.2) is 24.3 Å². The molecule has 21 heavy (non-hydrogen) atoms. The number of benzene rings is 1. The summed E-state index contributed by atoms with van der Waals surface area (Å²) in [6, 6.07) is 8.41. The SMILES string of the molecule is Cc1ccc(CN(C(=O)C(C)C(C)C(=O)O)C2CC2)cc1. The predicted octanol–water partition coefficient (Wildman–Crippen LogP) is 2.84. The number of carbonyl (C=O) groups excluding carboxylic acids is 1. The molecule has 0 aromatic heterocycles. The molecule has 1 fully saturated rings. The van der Waals surface area contributed by atoms with Gasteiger partial charge in [-0.1, -0.05) is 43.7 Å². The Labute approximate surface area is 125 Å². The molecule has 0 radical (unpaired) electrons. The van der Waals surface area contributed by atoms with Crippen LogP contribution in [0.5, 0.6) is 0 Å². The van der Waals surface area contributed by atoms with Gasteiger partial charge in [-0.25, -0.2) is 0 Å². The smallest absolute Gasteiger partial charge is 0.307 e. The van der Waals surface area contributed by atoms with Crippen LogP contribution >= 0.6 is 0 Å². The number of carboxylic acids is 1. The third kappa shape index (κ3) is 3.84. The molecule has 1 saturated carbocycles. The molecule has 4 nitrogen and oxygen atoms in total. The minimum atomic E-state index is -0.915. The van der Waals surface area contributed by atoms with E-state index >= 15 is 0 Å². The lowest BCUT2D eigenvalue weighted by Gasteiger charge is -2.27. The Kier molecular flexibility index (Phi) is 4.66. The molecule has 1 amide bonds. The van der Waals surface area contributed by atoms with Gasteiger partial charge in [-0.15, -0.1) is 0 Å². The minimum Gasteiger partial charge on any atom is -0.481 e. The van der Waals surface area contributed by atoms with Gasteiger partial charge in [-0.2, -0.15) is 0 Å². The maximum absolute atomic E-state index is 12.6. The van der Waals surface area contributed by atoms with Gasteiger partial charge in [0.15, 0.2) is 0 Å². The van der Waals surface area contributed by atoms with Crippen LogP contribution in [0.1, 0.15) is 37.8 Å². The zero-order valence-electron chi connectivity index (χ0n) is 12.9. The summed E-state index contributed by atoms with van der Waals surface area (Å²) in [6.07, 6.45) is 2.04. The average Bonchev–Trinajstić information content (AvgIpc) is 3.28. The van der Waals surface area contributed by atoms with Crippen LogP contribution < -0.4 is 0 Å². The highest BCUT2D eigenvalue weighted by atomic mass is 16.4. The highest BCUT2D eigenvalue weighted by molar-refractivity contribution is 5.84. The molecule has 1 aromatic rings. The molecule has 1 aromatic carbocycles. The van der Waals surface area contributed by atoms with E-state index < -0.39 is 17.8 Å². The first-order chi connectivity index (χ1) is 9.90. The fourth-order valence-corrected chi connectivity index (χ4v) is 2.35. The first-order valence-corrected chi connectivity index (χ1v) is 7.49. The van der Waals surface area contributed by atoms with Crippen LogP contribution in [0.3, 0.4) is 0 Å². The number of hydrogen-bond donors (Lipinski definition) is 1. The van der Waals surface area contributed by atoms with E-state index in [4.69, 9.17) is 5.11 Å². The first-order valence-electron chi connectivity index (χ1n) is 7.49. The molecule has 1 aliphatic rings. The van der Waals surface area contributed by atoms with Crippen LogP contribution in [-0.4, -0.2) is 27.9 Å². The number of aryl methyl sites for hydroxylation is 1. The van der Waals surface area contributed by atoms with Crippen molar-refractivity contribution in [1.82, 2.24) is 4.90 Å².